The quantitative estimate of drug-likeness (QED) is 0.295. The van der Waals surface area contributed by atoms with Gasteiger partial charge in [-0.05, 0) is 60.1 Å². The van der Waals surface area contributed by atoms with Crippen LogP contribution in [0.1, 0.15) is 49.4 Å². The predicted octanol–water partition coefficient (Wildman–Crippen LogP) is 4.18. The smallest absolute Gasteiger partial charge is 0.433 e. The van der Waals surface area contributed by atoms with Crippen LogP contribution in [0.5, 0.6) is 0 Å². The molecule has 0 unspecified atom stereocenters. The summed E-state index contributed by atoms with van der Waals surface area (Å²) in [6.45, 7) is 3.61. The molecule has 2 aromatic heterocycles. The molecule has 2 heterocycles. The number of carbonyl (C=O) groups is 1. The fraction of sp³-hybridized carbons (Fsp3) is 0.417. The van der Waals surface area contributed by atoms with Crippen molar-refractivity contribution in [2.75, 3.05) is 5.32 Å². The first-order valence-corrected chi connectivity index (χ1v) is 12.4. The van der Waals surface area contributed by atoms with Crippen LogP contribution in [0.15, 0.2) is 41.8 Å². The summed E-state index contributed by atoms with van der Waals surface area (Å²) in [5, 5.41) is 29.8. The van der Waals surface area contributed by atoms with E-state index >= 15 is 0 Å². The van der Waals surface area contributed by atoms with Crippen molar-refractivity contribution >= 4 is 28.9 Å². The van der Waals surface area contributed by atoms with E-state index in [0.717, 1.165) is 12.3 Å². The van der Waals surface area contributed by atoms with Crippen molar-refractivity contribution in [1.82, 2.24) is 19.9 Å². The first kappa shape index (κ1) is 27.3. The number of carboxylic acid groups (broad SMARTS) is 1. The average molecular weight is 548 g/mol. The van der Waals surface area contributed by atoms with E-state index in [-0.39, 0.29) is 31.8 Å². The molecule has 1 fully saturated rings. The van der Waals surface area contributed by atoms with E-state index in [4.69, 9.17) is 5.53 Å². The van der Waals surface area contributed by atoms with Gasteiger partial charge in [-0.1, -0.05) is 13.8 Å². The van der Waals surface area contributed by atoms with Crippen LogP contribution in [0.4, 0.5) is 24.8 Å². The van der Waals surface area contributed by atoms with Crippen molar-refractivity contribution in [3.05, 3.63) is 52.9 Å². The van der Waals surface area contributed by atoms with Gasteiger partial charge in [-0.25, -0.2) is 15.0 Å². The SMILES string of the molecule is CC1(C)C[C@@](O)(c2ncc(-c3cc(CN=[N+]=N)cc(Nc4nccc(C(F)(F)F)n4)c3)s2)CC[C@@H]1C(=O)[O-]. The van der Waals surface area contributed by atoms with Gasteiger partial charge in [0, 0.05) is 30.0 Å². The number of alkyl halides is 3. The van der Waals surface area contributed by atoms with E-state index in [1.807, 2.05) is 0 Å². The highest BCUT2D eigenvalue weighted by Crippen LogP contribution is 2.50. The van der Waals surface area contributed by atoms with Gasteiger partial charge in [-0.2, -0.15) is 13.2 Å². The second-order valence-corrected chi connectivity index (χ2v) is 10.9. The Morgan fingerprint density at radius 1 is 1.34 bits per heavy atom. The van der Waals surface area contributed by atoms with Gasteiger partial charge in [0.05, 0.1) is 4.88 Å². The molecule has 2 atom stereocenters. The Hall–Kier alpha value is -3.74. The van der Waals surface area contributed by atoms with Crippen molar-refractivity contribution in [2.24, 2.45) is 16.4 Å². The first-order valence-electron chi connectivity index (χ1n) is 11.6. The molecule has 0 saturated heterocycles. The molecule has 1 aliphatic rings. The zero-order valence-electron chi connectivity index (χ0n) is 20.4. The van der Waals surface area contributed by atoms with Gasteiger partial charge in [0.25, 0.3) is 0 Å². The van der Waals surface area contributed by atoms with E-state index in [1.54, 1.807) is 38.2 Å². The van der Waals surface area contributed by atoms with Crippen molar-refractivity contribution < 1.29 is 28.2 Å². The lowest BCUT2D eigenvalue weighted by molar-refractivity contribution is -0.317. The highest BCUT2D eigenvalue weighted by Gasteiger charge is 2.47. The van der Waals surface area contributed by atoms with Crippen LogP contribution in [0.3, 0.4) is 0 Å². The molecule has 1 aliphatic carbocycles. The van der Waals surface area contributed by atoms with Crippen LogP contribution in [-0.4, -0.2) is 26.0 Å². The Morgan fingerprint density at radius 3 is 2.76 bits per heavy atom. The van der Waals surface area contributed by atoms with Gasteiger partial charge < -0.3 is 20.3 Å². The van der Waals surface area contributed by atoms with E-state index in [0.29, 0.717) is 26.7 Å². The number of hydrogen-bond donors (Lipinski definition) is 3. The Balaban J connectivity index is 1.66. The molecule has 200 valence electrons. The Bertz CT molecular complexity index is 1400. The molecular formula is C24H24F3N7O3S. The summed E-state index contributed by atoms with van der Waals surface area (Å²) in [5.41, 5.74) is 5.44. The zero-order valence-corrected chi connectivity index (χ0v) is 21.2. The zero-order chi connectivity index (χ0) is 27.7. The van der Waals surface area contributed by atoms with Gasteiger partial charge in [0.2, 0.25) is 10.9 Å². The molecule has 0 radical (unpaired) electrons. The number of hydrogen-bond acceptors (Lipinski definition) is 10. The Kier molecular flexibility index (Phi) is 7.33. The van der Waals surface area contributed by atoms with Crippen LogP contribution in [0.25, 0.3) is 10.4 Å². The minimum atomic E-state index is -4.63. The first-order chi connectivity index (χ1) is 17.8. The summed E-state index contributed by atoms with van der Waals surface area (Å²) in [4.78, 5) is 27.0. The maximum atomic E-state index is 13.1. The summed E-state index contributed by atoms with van der Waals surface area (Å²) >= 11 is 1.23. The van der Waals surface area contributed by atoms with Gasteiger partial charge in [0.1, 0.15) is 33.5 Å². The molecule has 1 saturated carbocycles. The van der Waals surface area contributed by atoms with E-state index in [9.17, 15) is 28.2 Å². The largest absolute Gasteiger partial charge is 0.550 e. The lowest BCUT2D eigenvalue weighted by atomic mass is 9.63. The number of anilines is 2. The fourth-order valence-corrected chi connectivity index (χ4v) is 5.82. The molecule has 38 heavy (non-hydrogen) atoms. The normalized spacial score (nSPS) is 20.9. The van der Waals surface area contributed by atoms with Crippen molar-refractivity contribution in [3.63, 3.8) is 0 Å². The summed E-state index contributed by atoms with van der Waals surface area (Å²) < 4.78 is 39.2. The molecule has 14 heteroatoms. The second kappa shape index (κ2) is 10.2. The molecule has 10 nitrogen and oxygen atoms in total. The molecule has 0 amide bonds. The molecule has 1 aromatic carbocycles. The summed E-state index contributed by atoms with van der Waals surface area (Å²) in [6.07, 6.45) is -1.40. The molecule has 0 bridgehead atoms. The molecule has 4 rings (SSSR count). The molecule has 0 aliphatic heterocycles. The number of halogens is 3. The predicted molar refractivity (Wildman–Crippen MR) is 129 cm³/mol. The Morgan fingerprint density at radius 2 is 2.11 bits per heavy atom. The third kappa shape index (κ3) is 5.87. The fourth-order valence-electron chi connectivity index (χ4n) is 4.80. The summed E-state index contributed by atoms with van der Waals surface area (Å²) in [7, 11) is 0. The number of nitrogens with zero attached hydrogens (tertiary/aromatic N) is 5. The number of thiazole rings is 1. The van der Waals surface area contributed by atoms with Crippen molar-refractivity contribution in [2.45, 2.75) is 51.4 Å². The number of carbonyl (C=O) groups excluding carboxylic acids is 1. The van der Waals surface area contributed by atoms with Gasteiger partial charge in [0.15, 0.2) is 0 Å². The minimum Gasteiger partial charge on any atom is -0.550 e. The number of carboxylic acids is 1. The van der Waals surface area contributed by atoms with Crippen LogP contribution < -0.4 is 15.3 Å². The average Bonchev–Trinajstić information content (AvgIpc) is 3.33. The number of aliphatic carboxylic acids is 1. The van der Waals surface area contributed by atoms with Crippen LogP contribution >= 0.6 is 11.3 Å². The second-order valence-electron chi connectivity index (χ2n) is 9.84. The number of benzene rings is 1. The van der Waals surface area contributed by atoms with Crippen molar-refractivity contribution in [1.29, 1.82) is 5.53 Å². The van der Waals surface area contributed by atoms with Gasteiger partial charge in [-0.3, -0.25) is 0 Å². The third-order valence-electron chi connectivity index (χ3n) is 6.53. The maximum Gasteiger partial charge on any atom is 0.433 e. The number of nitrogens with one attached hydrogen (secondary N) is 2. The number of rotatable bonds is 7. The van der Waals surface area contributed by atoms with E-state index in [1.165, 1.54) is 11.3 Å². The van der Waals surface area contributed by atoms with Crippen molar-refractivity contribution in [3.8, 4) is 10.4 Å². The topological polar surface area (TPSA) is 161 Å². The molecular weight excluding hydrogens is 523 g/mol. The standard InChI is InChI=1S/C24H24F3N7O3S/c1-22(2)12-23(37,5-3-16(22)19(35)36)20-30-11-17(38-20)14-7-13(10-31-34-28)8-15(9-14)32-21-29-6-4-18(33-21)24(25,26)27/h4,6-9,11,16,28,37H,3,5,10,12H2,1-2H3,(H-,29,32,33,35,36)/t16-,23-/m1/s1. The minimum absolute atomic E-state index is 0.0455. The lowest BCUT2D eigenvalue weighted by Crippen LogP contribution is -2.48. The number of aliphatic hydroxyl groups is 1. The maximum absolute atomic E-state index is 13.1. The van der Waals surface area contributed by atoms with Gasteiger partial charge >= 0.3 is 6.18 Å². The highest BCUT2D eigenvalue weighted by atomic mass is 32.1. The lowest BCUT2D eigenvalue weighted by Gasteiger charge is -2.46. The monoisotopic (exact) mass is 547 g/mol. The molecule has 3 N–H and O–H groups in total. The molecule has 0 spiro atoms. The van der Waals surface area contributed by atoms with Crippen LogP contribution in [0.2, 0.25) is 0 Å². The van der Waals surface area contributed by atoms with Crippen LogP contribution in [-0.2, 0) is 23.1 Å². The van der Waals surface area contributed by atoms with E-state index < -0.39 is 34.8 Å². The highest BCUT2D eigenvalue weighted by molar-refractivity contribution is 7.15. The third-order valence-corrected chi connectivity index (χ3v) is 7.77. The van der Waals surface area contributed by atoms with Crippen LogP contribution in [0, 0.1) is 16.9 Å². The van der Waals surface area contributed by atoms with E-state index in [2.05, 4.69) is 30.3 Å². The van der Waals surface area contributed by atoms with Gasteiger partial charge in [-0.15, -0.1) is 11.3 Å². The summed E-state index contributed by atoms with van der Waals surface area (Å²) in [6, 6.07) is 5.84. The Labute approximate surface area is 219 Å². The summed E-state index contributed by atoms with van der Waals surface area (Å²) in [5.74, 6) is -2.07. The molecule has 3 aromatic rings. The number of aromatic nitrogens is 3.